The van der Waals surface area contributed by atoms with Crippen molar-refractivity contribution in [1.29, 1.82) is 0 Å². The van der Waals surface area contributed by atoms with Crippen LogP contribution < -0.4 is 10.4 Å². The number of rotatable bonds is 5. The number of carbonyl (C=O) groups is 1. The molecule has 4 rings (SSSR count). The second kappa shape index (κ2) is 7.79. The largest absolute Gasteiger partial charge is 0.502 e. The predicted molar refractivity (Wildman–Crippen MR) is 107 cm³/mol. The van der Waals surface area contributed by atoms with E-state index in [2.05, 4.69) is 0 Å². The first-order valence-corrected chi connectivity index (χ1v) is 9.30. The third-order valence-corrected chi connectivity index (χ3v) is 4.97. The van der Waals surface area contributed by atoms with E-state index in [4.69, 9.17) is 0 Å². The fourth-order valence-corrected chi connectivity index (χ4v) is 3.44. The number of carbonyl (C=O) groups excluding carboxylic acids is 1. The molecule has 0 radical (unpaired) electrons. The van der Waals surface area contributed by atoms with Crippen molar-refractivity contribution in [3.63, 3.8) is 0 Å². The Hall–Kier alpha value is -3.61. The van der Waals surface area contributed by atoms with Crippen LogP contribution in [0.2, 0.25) is 0 Å². The van der Waals surface area contributed by atoms with Crippen molar-refractivity contribution in [2.45, 2.75) is 13.0 Å². The zero-order valence-corrected chi connectivity index (χ0v) is 15.7. The van der Waals surface area contributed by atoms with Crippen molar-refractivity contribution >= 4 is 5.91 Å². The van der Waals surface area contributed by atoms with E-state index >= 15 is 0 Å². The molecule has 0 atom stereocenters. The minimum Gasteiger partial charge on any atom is -0.502 e. The minimum atomic E-state index is -0.601. The normalized spacial score (nSPS) is 13.5. The van der Waals surface area contributed by atoms with Crippen molar-refractivity contribution in [3.05, 3.63) is 99.7 Å². The highest BCUT2D eigenvalue weighted by atomic mass is 19.1. The second-order valence-electron chi connectivity index (χ2n) is 6.96. The molecule has 1 amide bonds. The van der Waals surface area contributed by atoms with Crippen molar-refractivity contribution in [3.8, 4) is 5.75 Å². The van der Waals surface area contributed by atoms with Gasteiger partial charge in [-0.25, -0.2) is 4.39 Å². The van der Waals surface area contributed by atoms with Gasteiger partial charge >= 0.3 is 0 Å². The first-order chi connectivity index (χ1) is 14.0. The fourth-order valence-electron chi connectivity index (χ4n) is 3.44. The summed E-state index contributed by atoms with van der Waals surface area (Å²) in [7, 11) is 0. The van der Waals surface area contributed by atoms with Crippen LogP contribution in [0.25, 0.3) is 0 Å². The lowest BCUT2D eigenvalue weighted by molar-refractivity contribution is 0.0673. The molecule has 1 aliphatic heterocycles. The molecule has 6 nitrogen and oxygen atoms in total. The number of hydrogen-bond donors (Lipinski definition) is 1. The molecule has 3 aromatic rings. The van der Waals surface area contributed by atoms with Crippen LogP contribution in [-0.2, 0) is 13.0 Å². The number of aromatic nitrogens is 1. The molecule has 0 saturated carbocycles. The Labute approximate surface area is 167 Å². The van der Waals surface area contributed by atoms with Crippen LogP contribution >= 0.6 is 0 Å². The predicted octanol–water partition coefficient (Wildman–Crippen LogP) is 2.49. The van der Waals surface area contributed by atoms with E-state index in [1.165, 1.54) is 29.3 Å². The average molecular weight is 393 g/mol. The van der Waals surface area contributed by atoms with Gasteiger partial charge in [-0.15, -0.1) is 0 Å². The monoisotopic (exact) mass is 393 g/mol. The average Bonchev–Trinajstić information content (AvgIpc) is 2.73. The maximum absolute atomic E-state index is 13.2. The molecule has 0 bridgehead atoms. The van der Waals surface area contributed by atoms with E-state index in [9.17, 15) is 19.1 Å². The third-order valence-electron chi connectivity index (χ3n) is 4.97. The molecule has 0 fully saturated rings. The molecule has 0 saturated heterocycles. The maximum atomic E-state index is 13.2. The van der Waals surface area contributed by atoms with E-state index in [-0.39, 0.29) is 24.7 Å². The van der Waals surface area contributed by atoms with Crippen molar-refractivity contribution in [2.24, 2.45) is 0 Å². The standard InChI is InChI=1S/C22H20FN3O3/c23-18-8-6-17(7-9-18)14-24-15-25(12-10-16-4-2-1-3-5-16)26-13-11-19(27)21(28)20(26)22(24)29/h1-9,11,13,28H,10,12,14-15H2. The van der Waals surface area contributed by atoms with Crippen LogP contribution in [0.1, 0.15) is 21.6 Å². The molecular formula is C22H20FN3O3. The molecule has 1 N–H and O–H groups in total. The first kappa shape index (κ1) is 18.7. The Kier molecular flexibility index (Phi) is 5.03. The Morgan fingerprint density at radius 3 is 2.38 bits per heavy atom. The van der Waals surface area contributed by atoms with Gasteiger partial charge in [-0.3, -0.25) is 19.3 Å². The van der Waals surface area contributed by atoms with Crippen LogP contribution in [-0.4, -0.2) is 33.8 Å². The van der Waals surface area contributed by atoms with E-state index in [0.29, 0.717) is 6.54 Å². The summed E-state index contributed by atoms with van der Waals surface area (Å²) in [4.78, 5) is 26.5. The molecule has 0 unspecified atom stereocenters. The number of benzene rings is 2. The molecule has 29 heavy (non-hydrogen) atoms. The van der Waals surface area contributed by atoms with Crippen molar-refractivity contribution in [2.75, 3.05) is 18.2 Å². The number of halogens is 1. The number of fused-ring (bicyclic) bond motifs is 1. The van der Waals surface area contributed by atoms with Gasteiger partial charge in [0.15, 0.2) is 11.4 Å². The van der Waals surface area contributed by atoms with Gasteiger partial charge in [-0.05, 0) is 29.7 Å². The molecule has 0 aliphatic carbocycles. The lowest BCUT2D eigenvalue weighted by Crippen LogP contribution is -2.54. The highest BCUT2D eigenvalue weighted by molar-refractivity contribution is 5.96. The SMILES string of the molecule is O=C1c2c(O)c(=O)ccn2N(CCc2ccccc2)CN1Cc1ccc(F)cc1. The van der Waals surface area contributed by atoms with Crippen LogP contribution in [0.15, 0.2) is 71.7 Å². The quantitative estimate of drug-likeness (QED) is 0.723. The zero-order valence-electron chi connectivity index (χ0n) is 15.7. The number of pyridine rings is 1. The van der Waals surface area contributed by atoms with Gasteiger partial charge in [-0.1, -0.05) is 42.5 Å². The van der Waals surface area contributed by atoms with E-state index in [1.54, 1.807) is 16.8 Å². The molecule has 148 valence electrons. The van der Waals surface area contributed by atoms with E-state index in [1.807, 2.05) is 35.3 Å². The molecule has 1 aromatic heterocycles. The van der Waals surface area contributed by atoms with Crippen LogP contribution in [0.4, 0.5) is 4.39 Å². The summed E-state index contributed by atoms with van der Waals surface area (Å²) in [5, 5.41) is 12.2. The lowest BCUT2D eigenvalue weighted by atomic mass is 10.1. The number of aromatic hydroxyl groups is 1. The van der Waals surface area contributed by atoms with Gasteiger partial charge in [0, 0.05) is 25.4 Å². The maximum Gasteiger partial charge on any atom is 0.278 e. The van der Waals surface area contributed by atoms with Gasteiger partial charge < -0.3 is 10.0 Å². The Balaban J connectivity index is 1.64. The Morgan fingerprint density at radius 2 is 1.66 bits per heavy atom. The molecule has 7 heteroatoms. The van der Waals surface area contributed by atoms with Crippen LogP contribution in [0, 0.1) is 5.82 Å². The summed E-state index contributed by atoms with van der Waals surface area (Å²) >= 11 is 0. The molecule has 2 heterocycles. The third kappa shape index (κ3) is 3.85. The fraction of sp³-hybridized carbons (Fsp3) is 0.182. The summed E-state index contributed by atoms with van der Waals surface area (Å²) in [5.41, 5.74) is 1.24. The van der Waals surface area contributed by atoms with E-state index in [0.717, 1.165) is 17.5 Å². The zero-order chi connectivity index (χ0) is 20.4. The first-order valence-electron chi connectivity index (χ1n) is 9.30. The summed E-state index contributed by atoms with van der Waals surface area (Å²) in [5.74, 6) is -1.36. The van der Waals surface area contributed by atoms with Gasteiger partial charge in [-0.2, -0.15) is 0 Å². The number of hydrogen-bond acceptors (Lipinski definition) is 4. The van der Waals surface area contributed by atoms with Crippen molar-refractivity contribution in [1.82, 2.24) is 9.58 Å². The molecule has 2 aromatic carbocycles. The summed E-state index contributed by atoms with van der Waals surface area (Å²) in [6.07, 6.45) is 2.24. The highest BCUT2D eigenvalue weighted by Crippen LogP contribution is 2.22. The van der Waals surface area contributed by atoms with Gasteiger partial charge in [0.1, 0.15) is 12.5 Å². The minimum absolute atomic E-state index is 0.0566. The van der Waals surface area contributed by atoms with Crippen LogP contribution in [0.3, 0.4) is 0 Å². The van der Waals surface area contributed by atoms with Gasteiger partial charge in [0.2, 0.25) is 5.43 Å². The Bertz CT molecular complexity index is 1080. The van der Waals surface area contributed by atoms with Gasteiger partial charge in [0.25, 0.3) is 5.91 Å². The lowest BCUT2D eigenvalue weighted by Gasteiger charge is -2.39. The Morgan fingerprint density at radius 1 is 0.931 bits per heavy atom. The highest BCUT2D eigenvalue weighted by Gasteiger charge is 2.32. The molecule has 1 aliphatic rings. The van der Waals surface area contributed by atoms with Crippen LogP contribution in [0.5, 0.6) is 5.75 Å². The number of nitrogens with zero attached hydrogens (tertiary/aromatic N) is 3. The topological polar surface area (TPSA) is 65.8 Å². The van der Waals surface area contributed by atoms with Crippen molar-refractivity contribution < 1.29 is 14.3 Å². The number of amides is 1. The molecule has 0 spiro atoms. The smallest absolute Gasteiger partial charge is 0.278 e. The van der Waals surface area contributed by atoms with E-state index < -0.39 is 17.1 Å². The second-order valence-corrected chi connectivity index (χ2v) is 6.96. The summed E-state index contributed by atoms with van der Waals surface area (Å²) < 4.78 is 14.7. The summed E-state index contributed by atoms with van der Waals surface area (Å²) in [6.45, 7) is 1.09. The summed E-state index contributed by atoms with van der Waals surface area (Å²) in [6, 6.07) is 17.1. The van der Waals surface area contributed by atoms with Gasteiger partial charge in [0.05, 0.1) is 0 Å². The molecular weight excluding hydrogens is 373 g/mol.